The van der Waals surface area contributed by atoms with Gasteiger partial charge in [0.25, 0.3) is 5.91 Å². The molecule has 1 atom stereocenters. The number of rotatable bonds is 6. The Morgan fingerprint density at radius 2 is 2.11 bits per heavy atom. The Kier molecular flexibility index (Phi) is 5.18. The summed E-state index contributed by atoms with van der Waals surface area (Å²) < 4.78 is 0. The molecule has 0 aromatic heterocycles. The molecule has 19 heavy (non-hydrogen) atoms. The highest BCUT2D eigenvalue weighted by Crippen LogP contribution is 2.29. The van der Waals surface area contributed by atoms with Crippen LogP contribution >= 0.6 is 11.6 Å². The summed E-state index contributed by atoms with van der Waals surface area (Å²) in [5.41, 5.74) is 6.13. The summed E-state index contributed by atoms with van der Waals surface area (Å²) in [7, 11) is 0. The number of halogens is 1. The minimum Gasteiger partial charge on any atom is -0.481 e. The molecule has 1 unspecified atom stereocenters. The first-order chi connectivity index (χ1) is 8.88. The smallest absolute Gasteiger partial charge is 0.305 e. The maximum absolute atomic E-state index is 11.5. The number of hydrogen-bond donors (Lipinski definition) is 2. The molecule has 0 aliphatic rings. The van der Waals surface area contributed by atoms with Crippen molar-refractivity contribution in [2.75, 3.05) is 11.4 Å². The number of anilines is 1. The molecule has 0 radical (unpaired) electrons. The first-order valence-corrected chi connectivity index (χ1v) is 6.33. The van der Waals surface area contributed by atoms with Crippen LogP contribution in [0.1, 0.15) is 30.6 Å². The third kappa shape index (κ3) is 3.61. The van der Waals surface area contributed by atoms with Crippen molar-refractivity contribution >= 4 is 29.2 Å². The topological polar surface area (TPSA) is 83.6 Å². The minimum absolute atomic E-state index is 0.0292. The highest BCUT2D eigenvalue weighted by molar-refractivity contribution is 6.34. The molecule has 1 aromatic carbocycles. The second kappa shape index (κ2) is 6.43. The number of nitrogens with two attached hydrogens (primary N) is 1. The van der Waals surface area contributed by atoms with E-state index in [0.717, 1.165) is 0 Å². The van der Waals surface area contributed by atoms with Gasteiger partial charge in [0.05, 0.1) is 22.7 Å². The molecule has 1 amide bonds. The number of nitrogens with zero attached hydrogens (tertiary/aromatic N) is 1. The summed E-state index contributed by atoms with van der Waals surface area (Å²) in [6.07, 6.45) is -0.0292. The van der Waals surface area contributed by atoms with Gasteiger partial charge in [-0.1, -0.05) is 17.7 Å². The normalized spacial score (nSPS) is 11.9. The first-order valence-electron chi connectivity index (χ1n) is 5.95. The summed E-state index contributed by atoms with van der Waals surface area (Å²) in [6.45, 7) is 4.21. The van der Waals surface area contributed by atoms with E-state index >= 15 is 0 Å². The molecule has 0 saturated carbocycles. The SMILES string of the molecule is CCN(c1cccc(Cl)c1C(N)=O)C(C)CC(=O)O. The molecule has 0 aliphatic carbocycles. The van der Waals surface area contributed by atoms with Gasteiger partial charge in [-0.25, -0.2) is 0 Å². The van der Waals surface area contributed by atoms with Gasteiger partial charge in [0, 0.05) is 12.6 Å². The number of benzene rings is 1. The van der Waals surface area contributed by atoms with Gasteiger partial charge in [0.15, 0.2) is 0 Å². The van der Waals surface area contributed by atoms with Gasteiger partial charge < -0.3 is 15.7 Å². The van der Waals surface area contributed by atoms with Crippen molar-refractivity contribution in [1.82, 2.24) is 0 Å². The largest absolute Gasteiger partial charge is 0.481 e. The Morgan fingerprint density at radius 3 is 2.58 bits per heavy atom. The molecule has 104 valence electrons. The highest BCUT2D eigenvalue weighted by Gasteiger charge is 2.22. The third-order valence-electron chi connectivity index (χ3n) is 2.89. The second-order valence-corrected chi connectivity index (χ2v) is 4.64. The Bertz CT molecular complexity index is 491. The van der Waals surface area contributed by atoms with Gasteiger partial charge in [0.2, 0.25) is 0 Å². The molecule has 6 heteroatoms. The van der Waals surface area contributed by atoms with Crippen LogP contribution < -0.4 is 10.6 Å². The molecular formula is C13H17ClN2O3. The number of amides is 1. The van der Waals surface area contributed by atoms with E-state index in [-0.39, 0.29) is 23.0 Å². The molecule has 0 heterocycles. The predicted molar refractivity (Wildman–Crippen MR) is 74.7 cm³/mol. The zero-order valence-corrected chi connectivity index (χ0v) is 11.6. The average molecular weight is 285 g/mol. The number of hydrogen-bond acceptors (Lipinski definition) is 3. The number of carbonyl (C=O) groups is 2. The van der Waals surface area contributed by atoms with Crippen molar-refractivity contribution in [3.63, 3.8) is 0 Å². The van der Waals surface area contributed by atoms with Crippen LogP contribution in [-0.2, 0) is 4.79 Å². The van der Waals surface area contributed by atoms with Crippen LogP contribution in [0.2, 0.25) is 5.02 Å². The van der Waals surface area contributed by atoms with E-state index in [1.54, 1.807) is 30.0 Å². The standard InChI is InChI=1S/C13H17ClN2O3/c1-3-16(8(2)7-11(17)18)10-6-4-5-9(14)12(10)13(15)19/h4-6,8H,3,7H2,1-2H3,(H2,15,19)(H,17,18). The predicted octanol–water partition coefficient (Wildman–Crippen LogP) is 2.13. The quantitative estimate of drug-likeness (QED) is 0.838. The fourth-order valence-electron chi connectivity index (χ4n) is 2.08. The zero-order chi connectivity index (χ0) is 14.6. The van der Waals surface area contributed by atoms with Crippen LogP contribution in [0.25, 0.3) is 0 Å². The fourth-order valence-corrected chi connectivity index (χ4v) is 2.34. The van der Waals surface area contributed by atoms with Gasteiger partial charge >= 0.3 is 5.97 Å². The average Bonchev–Trinajstić information content (AvgIpc) is 2.28. The van der Waals surface area contributed by atoms with Crippen LogP contribution in [0.3, 0.4) is 0 Å². The van der Waals surface area contributed by atoms with E-state index in [2.05, 4.69) is 0 Å². The summed E-state index contributed by atoms with van der Waals surface area (Å²) in [6, 6.07) is 4.74. The van der Waals surface area contributed by atoms with Crippen molar-refractivity contribution in [1.29, 1.82) is 0 Å². The van der Waals surface area contributed by atoms with Crippen molar-refractivity contribution in [3.8, 4) is 0 Å². The van der Waals surface area contributed by atoms with Crippen LogP contribution in [0.4, 0.5) is 5.69 Å². The maximum atomic E-state index is 11.5. The van der Waals surface area contributed by atoms with Crippen molar-refractivity contribution < 1.29 is 14.7 Å². The first kappa shape index (κ1) is 15.3. The lowest BCUT2D eigenvalue weighted by atomic mass is 10.1. The summed E-state index contributed by atoms with van der Waals surface area (Å²) >= 11 is 5.99. The highest BCUT2D eigenvalue weighted by atomic mass is 35.5. The second-order valence-electron chi connectivity index (χ2n) is 4.23. The molecule has 0 fully saturated rings. The van der Waals surface area contributed by atoms with Crippen LogP contribution in [0.5, 0.6) is 0 Å². The molecule has 0 saturated heterocycles. The summed E-state index contributed by atoms with van der Waals surface area (Å²) in [4.78, 5) is 24.1. The molecule has 1 aromatic rings. The molecule has 0 spiro atoms. The van der Waals surface area contributed by atoms with Crippen LogP contribution in [-0.4, -0.2) is 29.6 Å². The summed E-state index contributed by atoms with van der Waals surface area (Å²) in [5, 5.41) is 9.13. The summed E-state index contributed by atoms with van der Waals surface area (Å²) in [5.74, 6) is -1.52. The van der Waals surface area contributed by atoms with E-state index in [9.17, 15) is 9.59 Å². The minimum atomic E-state index is -0.895. The lowest BCUT2D eigenvalue weighted by molar-refractivity contribution is -0.137. The number of carboxylic acids is 1. The Hall–Kier alpha value is -1.75. The molecule has 1 rings (SSSR count). The van der Waals surface area contributed by atoms with Gasteiger partial charge in [0.1, 0.15) is 0 Å². The fraction of sp³-hybridized carbons (Fsp3) is 0.385. The van der Waals surface area contributed by atoms with Crippen molar-refractivity contribution in [3.05, 3.63) is 28.8 Å². The van der Waals surface area contributed by atoms with E-state index in [0.29, 0.717) is 12.2 Å². The molecule has 3 N–H and O–H groups in total. The monoisotopic (exact) mass is 284 g/mol. The Morgan fingerprint density at radius 1 is 1.47 bits per heavy atom. The van der Waals surface area contributed by atoms with Crippen LogP contribution in [0.15, 0.2) is 18.2 Å². The lowest BCUT2D eigenvalue weighted by Crippen LogP contribution is -2.36. The van der Waals surface area contributed by atoms with E-state index < -0.39 is 11.9 Å². The van der Waals surface area contributed by atoms with E-state index in [1.807, 2.05) is 6.92 Å². The molecule has 0 aliphatic heterocycles. The number of carbonyl (C=O) groups excluding carboxylic acids is 1. The van der Waals surface area contributed by atoms with Gasteiger partial charge in [-0.2, -0.15) is 0 Å². The lowest BCUT2D eigenvalue weighted by Gasteiger charge is -2.30. The van der Waals surface area contributed by atoms with Gasteiger partial charge in [-0.05, 0) is 26.0 Å². The number of primary amides is 1. The number of carboxylic acid groups (broad SMARTS) is 1. The van der Waals surface area contributed by atoms with Crippen LogP contribution in [0, 0.1) is 0 Å². The Balaban J connectivity index is 3.21. The molecule has 0 bridgehead atoms. The van der Waals surface area contributed by atoms with Gasteiger partial charge in [-0.3, -0.25) is 9.59 Å². The zero-order valence-electron chi connectivity index (χ0n) is 10.9. The Labute approximate surface area is 117 Å². The maximum Gasteiger partial charge on any atom is 0.305 e. The van der Waals surface area contributed by atoms with Gasteiger partial charge in [-0.15, -0.1) is 0 Å². The molecular weight excluding hydrogens is 268 g/mol. The van der Waals surface area contributed by atoms with Crippen molar-refractivity contribution in [2.24, 2.45) is 5.73 Å². The van der Waals surface area contributed by atoms with E-state index in [4.69, 9.17) is 22.4 Å². The molecule has 5 nitrogen and oxygen atoms in total. The third-order valence-corrected chi connectivity index (χ3v) is 3.21. The van der Waals surface area contributed by atoms with Crippen molar-refractivity contribution in [2.45, 2.75) is 26.3 Å². The van der Waals surface area contributed by atoms with E-state index in [1.165, 1.54) is 0 Å². The number of aliphatic carboxylic acids is 1.